The summed E-state index contributed by atoms with van der Waals surface area (Å²) >= 11 is 2.36. The Hall–Kier alpha value is 0.430. The average molecular weight is 223 g/mol. The molecule has 1 rings (SSSR count). The molecule has 0 atom stereocenters. The van der Waals surface area contributed by atoms with E-state index in [9.17, 15) is 0 Å². The predicted octanol–water partition coefficient (Wildman–Crippen LogP) is 1.99. The molecule has 8 heavy (non-hydrogen) atoms. The van der Waals surface area contributed by atoms with Gasteiger partial charge in [0, 0.05) is 36.0 Å². The van der Waals surface area contributed by atoms with Crippen LogP contribution in [0.3, 0.4) is 0 Å². The van der Waals surface area contributed by atoms with Crippen LogP contribution < -0.4 is 0 Å². The van der Waals surface area contributed by atoms with Crippen molar-refractivity contribution in [2.45, 2.75) is 12.8 Å². The summed E-state index contributed by atoms with van der Waals surface area (Å²) in [4.78, 5) is 0. The van der Waals surface area contributed by atoms with Gasteiger partial charge in [-0.25, -0.2) is 3.11 Å². The highest BCUT2D eigenvalue weighted by Crippen LogP contribution is 2.06. The van der Waals surface area contributed by atoms with Crippen molar-refractivity contribution in [1.82, 2.24) is 3.11 Å². The maximum atomic E-state index is 2.36. The van der Waals surface area contributed by atoms with Crippen molar-refractivity contribution in [3.05, 3.63) is 12.2 Å². The molecule has 0 unspecified atom stereocenters. The quantitative estimate of drug-likeness (QED) is 0.345. The lowest BCUT2D eigenvalue weighted by Crippen LogP contribution is -2.09. The van der Waals surface area contributed by atoms with Crippen LogP contribution in [0.4, 0.5) is 0 Å². The van der Waals surface area contributed by atoms with Crippen molar-refractivity contribution < 1.29 is 0 Å². The van der Waals surface area contributed by atoms with E-state index in [4.69, 9.17) is 0 Å². The Kier molecular flexibility index (Phi) is 2.83. The van der Waals surface area contributed by atoms with Gasteiger partial charge in [-0.1, -0.05) is 12.2 Å². The van der Waals surface area contributed by atoms with Gasteiger partial charge in [0.25, 0.3) is 0 Å². The van der Waals surface area contributed by atoms with E-state index in [1.54, 1.807) is 0 Å². The highest BCUT2D eigenvalue weighted by molar-refractivity contribution is 14.1. The molecule has 1 heterocycles. The van der Waals surface area contributed by atoms with Gasteiger partial charge in [0.1, 0.15) is 0 Å². The van der Waals surface area contributed by atoms with Crippen molar-refractivity contribution in [1.29, 1.82) is 0 Å². The van der Waals surface area contributed by atoms with Crippen molar-refractivity contribution in [3.8, 4) is 0 Å². The molecule has 0 saturated carbocycles. The van der Waals surface area contributed by atoms with E-state index in [0.717, 1.165) is 6.54 Å². The second-order valence-corrected chi connectivity index (χ2v) is 3.35. The van der Waals surface area contributed by atoms with E-state index in [-0.39, 0.29) is 0 Å². The standard InChI is InChI=1S/C6H10IN/c7-8-5-3-1-2-4-6-8/h1,3H,2,4-6H2. The minimum Gasteiger partial charge on any atom is -0.244 e. The first-order valence-corrected chi connectivity index (χ1v) is 3.92. The lowest BCUT2D eigenvalue weighted by atomic mass is 10.3. The van der Waals surface area contributed by atoms with E-state index in [1.807, 2.05) is 0 Å². The highest BCUT2D eigenvalue weighted by atomic mass is 127. The SMILES string of the molecule is IN1CC=CCCC1. The van der Waals surface area contributed by atoms with Crippen LogP contribution in [-0.4, -0.2) is 16.2 Å². The van der Waals surface area contributed by atoms with Gasteiger partial charge < -0.3 is 0 Å². The molecule has 0 aromatic rings. The molecule has 0 aromatic carbocycles. The first kappa shape index (κ1) is 6.55. The molecular weight excluding hydrogens is 213 g/mol. The zero-order valence-electron chi connectivity index (χ0n) is 4.81. The largest absolute Gasteiger partial charge is 0.244 e. The van der Waals surface area contributed by atoms with Crippen LogP contribution in [0.1, 0.15) is 12.8 Å². The third-order valence-corrected chi connectivity index (χ3v) is 2.12. The number of nitrogens with zero attached hydrogens (tertiary/aromatic N) is 1. The van der Waals surface area contributed by atoms with Crippen LogP contribution in [0, 0.1) is 0 Å². The Balaban J connectivity index is 2.30. The summed E-state index contributed by atoms with van der Waals surface area (Å²) in [7, 11) is 0. The fraction of sp³-hybridized carbons (Fsp3) is 0.667. The first-order chi connectivity index (χ1) is 3.89. The third-order valence-electron chi connectivity index (χ3n) is 1.24. The maximum absolute atomic E-state index is 2.36. The topological polar surface area (TPSA) is 3.24 Å². The van der Waals surface area contributed by atoms with Gasteiger partial charge in [-0.3, -0.25) is 0 Å². The summed E-state index contributed by atoms with van der Waals surface area (Å²) in [6, 6.07) is 0. The molecule has 0 amide bonds. The molecule has 1 aliphatic heterocycles. The molecule has 0 fully saturated rings. The van der Waals surface area contributed by atoms with Crippen molar-refractivity contribution in [2.24, 2.45) is 0 Å². The summed E-state index contributed by atoms with van der Waals surface area (Å²) in [5.41, 5.74) is 0. The first-order valence-electron chi connectivity index (χ1n) is 2.95. The second-order valence-electron chi connectivity index (χ2n) is 1.98. The summed E-state index contributed by atoms with van der Waals surface area (Å²) in [5.74, 6) is 0. The summed E-state index contributed by atoms with van der Waals surface area (Å²) < 4.78 is 2.31. The van der Waals surface area contributed by atoms with Crippen molar-refractivity contribution in [3.63, 3.8) is 0 Å². The summed E-state index contributed by atoms with van der Waals surface area (Å²) in [6.45, 7) is 2.37. The summed E-state index contributed by atoms with van der Waals surface area (Å²) in [6.07, 6.45) is 7.08. The maximum Gasteiger partial charge on any atom is 0.0262 e. The number of allylic oxidation sites excluding steroid dienone is 1. The molecule has 46 valence electrons. The minimum absolute atomic E-state index is 1.13. The molecule has 0 aromatic heterocycles. The van der Waals surface area contributed by atoms with Crippen molar-refractivity contribution in [2.75, 3.05) is 13.1 Å². The lowest BCUT2D eigenvalue weighted by molar-refractivity contribution is 0.556. The van der Waals surface area contributed by atoms with Gasteiger partial charge in [0.15, 0.2) is 0 Å². The van der Waals surface area contributed by atoms with Gasteiger partial charge in [-0.15, -0.1) is 0 Å². The number of hydrogen-bond acceptors (Lipinski definition) is 1. The van der Waals surface area contributed by atoms with E-state index >= 15 is 0 Å². The van der Waals surface area contributed by atoms with Crippen LogP contribution >= 0.6 is 22.9 Å². The molecule has 1 aliphatic rings. The van der Waals surface area contributed by atoms with E-state index in [0.29, 0.717) is 0 Å². The van der Waals surface area contributed by atoms with E-state index in [2.05, 4.69) is 38.1 Å². The smallest absolute Gasteiger partial charge is 0.0262 e. The van der Waals surface area contributed by atoms with E-state index in [1.165, 1.54) is 19.4 Å². The molecule has 0 saturated heterocycles. The minimum atomic E-state index is 1.13. The number of rotatable bonds is 0. The van der Waals surface area contributed by atoms with E-state index < -0.39 is 0 Å². The molecule has 2 heteroatoms. The molecule has 0 radical (unpaired) electrons. The second kappa shape index (κ2) is 3.45. The third kappa shape index (κ3) is 2.13. The van der Waals surface area contributed by atoms with Crippen LogP contribution in [0.25, 0.3) is 0 Å². The Bertz CT molecular complexity index is 90.5. The Labute approximate surface area is 64.2 Å². The summed E-state index contributed by atoms with van der Waals surface area (Å²) in [5, 5.41) is 0. The van der Waals surface area contributed by atoms with Crippen LogP contribution in [0.15, 0.2) is 12.2 Å². The number of hydrogen-bond donors (Lipinski definition) is 0. The molecule has 1 nitrogen and oxygen atoms in total. The van der Waals surface area contributed by atoms with Gasteiger partial charge in [-0.2, -0.15) is 0 Å². The van der Waals surface area contributed by atoms with Gasteiger partial charge >= 0.3 is 0 Å². The molecular formula is C6H10IN. The predicted molar refractivity (Wildman–Crippen MR) is 44.0 cm³/mol. The zero-order chi connectivity index (χ0) is 5.82. The van der Waals surface area contributed by atoms with Gasteiger partial charge in [0.2, 0.25) is 0 Å². The lowest BCUT2D eigenvalue weighted by Gasteiger charge is -2.06. The molecule has 0 N–H and O–H groups in total. The highest BCUT2D eigenvalue weighted by Gasteiger charge is 1.98. The molecule has 0 spiro atoms. The Morgan fingerprint density at radius 2 is 2.25 bits per heavy atom. The Morgan fingerprint density at radius 3 is 3.12 bits per heavy atom. The number of halogens is 1. The normalized spacial score (nSPS) is 23.1. The average Bonchev–Trinajstić information content (AvgIpc) is 1.94. The van der Waals surface area contributed by atoms with Crippen LogP contribution in [0.2, 0.25) is 0 Å². The van der Waals surface area contributed by atoms with Gasteiger partial charge in [0.05, 0.1) is 0 Å². The fourth-order valence-corrected chi connectivity index (χ4v) is 1.35. The van der Waals surface area contributed by atoms with Crippen LogP contribution in [0.5, 0.6) is 0 Å². The van der Waals surface area contributed by atoms with Crippen LogP contribution in [-0.2, 0) is 0 Å². The molecule has 0 aliphatic carbocycles. The van der Waals surface area contributed by atoms with Gasteiger partial charge in [-0.05, 0) is 12.8 Å². The Morgan fingerprint density at radius 1 is 1.38 bits per heavy atom. The van der Waals surface area contributed by atoms with Crippen molar-refractivity contribution >= 4 is 22.9 Å². The monoisotopic (exact) mass is 223 g/mol. The fourth-order valence-electron chi connectivity index (χ4n) is 0.779. The zero-order valence-corrected chi connectivity index (χ0v) is 6.97. The molecule has 0 bridgehead atoms.